The van der Waals surface area contributed by atoms with Gasteiger partial charge in [0.1, 0.15) is 6.61 Å². The van der Waals surface area contributed by atoms with Crippen molar-refractivity contribution < 1.29 is 9.53 Å². The zero-order chi connectivity index (χ0) is 11.3. The van der Waals surface area contributed by atoms with E-state index in [0.717, 1.165) is 11.3 Å². The summed E-state index contributed by atoms with van der Waals surface area (Å²) in [6.07, 6.45) is -0.0793. The van der Waals surface area contributed by atoms with Crippen molar-refractivity contribution in [2.45, 2.75) is 26.6 Å². The minimum absolute atomic E-state index is 0.0793. The molecule has 1 aromatic carbocycles. The number of rotatable bonds is 4. The Morgan fingerprint density at radius 2 is 2.07 bits per heavy atom. The van der Waals surface area contributed by atoms with Crippen molar-refractivity contribution in [2.24, 2.45) is 5.73 Å². The zero-order valence-electron chi connectivity index (χ0n) is 8.99. The minimum Gasteiger partial charge on any atom is -0.461 e. The molecule has 0 amide bonds. The Bertz CT molecular complexity index is 320. The summed E-state index contributed by atoms with van der Waals surface area (Å²) in [5, 5.41) is 3.07. The van der Waals surface area contributed by atoms with E-state index in [9.17, 15) is 4.79 Å². The highest BCUT2D eigenvalue weighted by molar-refractivity contribution is 5.65. The van der Waals surface area contributed by atoms with Gasteiger partial charge in [0.05, 0.1) is 6.17 Å². The number of anilines is 1. The molecule has 0 aliphatic heterocycles. The van der Waals surface area contributed by atoms with Crippen molar-refractivity contribution in [3.8, 4) is 0 Å². The van der Waals surface area contributed by atoms with Gasteiger partial charge in [0.25, 0.3) is 0 Å². The fourth-order valence-corrected chi connectivity index (χ4v) is 1.15. The smallest absolute Gasteiger partial charge is 0.302 e. The van der Waals surface area contributed by atoms with Gasteiger partial charge in [-0.3, -0.25) is 4.79 Å². The van der Waals surface area contributed by atoms with Crippen LogP contribution < -0.4 is 11.1 Å². The third-order valence-electron chi connectivity index (χ3n) is 1.79. The van der Waals surface area contributed by atoms with Crippen molar-refractivity contribution >= 4 is 11.7 Å². The van der Waals surface area contributed by atoms with Crippen LogP contribution in [0.3, 0.4) is 0 Å². The van der Waals surface area contributed by atoms with Gasteiger partial charge in [-0.15, -0.1) is 0 Å². The van der Waals surface area contributed by atoms with E-state index >= 15 is 0 Å². The van der Waals surface area contributed by atoms with E-state index < -0.39 is 0 Å². The molecule has 0 aliphatic carbocycles. The fourth-order valence-electron chi connectivity index (χ4n) is 1.15. The number of esters is 1. The van der Waals surface area contributed by atoms with Crippen LogP contribution in [0.1, 0.15) is 19.4 Å². The second-order valence-corrected chi connectivity index (χ2v) is 3.41. The molecule has 1 rings (SSSR count). The van der Waals surface area contributed by atoms with Crippen LogP contribution >= 0.6 is 0 Å². The monoisotopic (exact) mass is 208 g/mol. The predicted octanol–water partition coefficient (Wildman–Crippen LogP) is 1.47. The van der Waals surface area contributed by atoms with Crippen LogP contribution in [-0.4, -0.2) is 12.1 Å². The lowest BCUT2D eigenvalue weighted by Crippen LogP contribution is -2.25. The molecule has 0 heterocycles. The summed E-state index contributed by atoms with van der Waals surface area (Å²) in [5.74, 6) is -0.271. The fraction of sp³-hybridized carbons (Fsp3) is 0.364. The van der Waals surface area contributed by atoms with E-state index in [1.165, 1.54) is 6.92 Å². The first-order valence-electron chi connectivity index (χ1n) is 4.82. The number of nitrogens with two attached hydrogens (primary N) is 1. The standard InChI is InChI=1S/C11H16N2O2/c1-8(12)13-11-5-3-10(4-6-11)7-15-9(2)14/h3-6,8,13H,7,12H2,1-2H3. The lowest BCUT2D eigenvalue weighted by molar-refractivity contribution is -0.142. The quantitative estimate of drug-likeness (QED) is 0.581. The highest BCUT2D eigenvalue weighted by Gasteiger charge is 1.98. The van der Waals surface area contributed by atoms with Gasteiger partial charge in [-0.2, -0.15) is 0 Å². The van der Waals surface area contributed by atoms with Gasteiger partial charge in [-0.25, -0.2) is 0 Å². The van der Waals surface area contributed by atoms with E-state index in [1.54, 1.807) is 0 Å². The largest absolute Gasteiger partial charge is 0.461 e. The van der Waals surface area contributed by atoms with Crippen molar-refractivity contribution in [2.75, 3.05) is 5.32 Å². The maximum atomic E-state index is 10.6. The van der Waals surface area contributed by atoms with E-state index in [1.807, 2.05) is 31.2 Å². The molecule has 15 heavy (non-hydrogen) atoms. The molecule has 0 saturated carbocycles. The molecule has 0 saturated heterocycles. The van der Waals surface area contributed by atoms with Crippen LogP contribution in [0.15, 0.2) is 24.3 Å². The summed E-state index contributed by atoms with van der Waals surface area (Å²) in [5.41, 5.74) is 7.49. The van der Waals surface area contributed by atoms with E-state index in [2.05, 4.69) is 5.32 Å². The topological polar surface area (TPSA) is 64.3 Å². The minimum atomic E-state index is -0.271. The van der Waals surface area contributed by atoms with Crippen LogP contribution in [0.25, 0.3) is 0 Å². The number of hydrogen-bond acceptors (Lipinski definition) is 4. The zero-order valence-corrected chi connectivity index (χ0v) is 8.99. The molecule has 1 atom stereocenters. The molecule has 0 fully saturated rings. The summed E-state index contributed by atoms with van der Waals surface area (Å²) in [6, 6.07) is 7.60. The number of carbonyl (C=O) groups is 1. The SMILES string of the molecule is CC(=O)OCc1ccc(NC(C)N)cc1. The number of ether oxygens (including phenoxy) is 1. The van der Waals surface area contributed by atoms with Crippen LogP contribution in [-0.2, 0) is 16.1 Å². The van der Waals surface area contributed by atoms with Gasteiger partial charge in [-0.1, -0.05) is 12.1 Å². The molecule has 4 heteroatoms. The van der Waals surface area contributed by atoms with Crippen LogP contribution in [0.5, 0.6) is 0 Å². The van der Waals surface area contributed by atoms with Gasteiger partial charge in [0.15, 0.2) is 0 Å². The van der Waals surface area contributed by atoms with Crippen molar-refractivity contribution in [3.05, 3.63) is 29.8 Å². The maximum absolute atomic E-state index is 10.6. The average Bonchev–Trinajstić information content (AvgIpc) is 2.16. The van der Waals surface area contributed by atoms with Crippen molar-refractivity contribution in [1.82, 2.24) is 0 Å². The second-order valence-electron chi connectivity index (χ2n) is 3.41. The summed E-state index contributed by atoms with van der Waals surface area (Å²) >= 11 is 0. The molecule has 1 aromatic rings. The van der Waals surface area contributed by atoms with Gasteiger partial charge >= 0.3 is 5.97 Å². The third kappa shape index (κ3) is 4.46. The lowest BCUT2D eigenvalue weighted by Gasteiger charge is -2.10. The molecule has 3 N–H and O–H groups in total. The van der Waals surface area contributed by atoms with Gasteiger partial charge < -0.3 is 15.8 Å². The molecule has 0 bridgehead atoms. The van der Waals surface area contributed by atoms with Crippen molar-refractivity contribution in [1.29, 1.82) is 0 Å². The van der Waals surface area contributed by atoms with Crippen molar-refractivity contribution in [3.63, 3.8) is 0 Å². The molecule has 0 spiro atoms. The van der Waals surface area contributed by atoms with Gasteiger partial charge in [-0.05, 0) is 24.6 Å². The Kier molecular flexibility index (Phi) is 4.12. The van der Waals surface area contributed by atoms with Gasteiger partial charge in [0, 0.05) is 12.6 Å². The highest BCUT2D eigenvalue weighted by Crippen LogP contribution is 2.10. The first kappa shape index (κ1) is 11.5. The summed E-state index contributed by atoms with van der Waals surface area (Å²) < 4.78 is 4.86. The highest BCUT2D eigenvalue weighted by atomic mass is 16.5. The molecular formula is C11H16N2O2. The third-order valence-corrected chi connectivity index (χ3v) is 1.79. The first-order chi connectivity index (χ1) is 7.08. The predicted molar refractivity (Wildman–Crippen MR) is 59.2 cm³/mol. The molecule has 82 valence electrons. The molecule has 1 unspecified atom stereocenters. The molecule has 0 aliphatic rings. The Morgan fingerprint density at radius 1 is 1.47 bits per heavy atom. The number of benzene rings is 1. The van der Waals surface area contributed by atoms with Crippen LogP contribution in [0.2, 0.25) is 0 Å². The number of nitrogens with one attached hydrogen (secondary N) is 1. The molecule has 0 radical (unpaired) electrons. The number of hydrogen-bond donors (Lipinski definition) is 2. The summed E-state index contributed by atoms with van der Waals surface area (Å²) in [7, 11) is 0. The molecule has 4 nitrogen and oxygen atoms in total. The summed E-state index contributed by atoms with van der Waals surface area (Å²) in [6.45, 7) is 3.58. The lowest BCUT2D eigenvalue weighted by atomic mass is 10.2. The van der Waals surface area contributed by atoms with E-state index in [0.29, 0.717) is 6.61 Å². The number of carbonyl (C=O) groups excluding carboxylic acids is 1. The van der Waals surface area contributed by atoms with Crippen LogP contribution in [0, 0.1) is 0 Å². The molecule has 0 aromatic heterocycles. The maximum Gasteiger partial charge on any atom is 0.302 e. The Morgan fingerprint density at radius 3 is 2.53 bits per heavy atom. The Labute approximate surface area is 89.4 Å². The Balaban J connectivity index is 2.52. The Hall–Kier alpha value is -1.55. The normalized spacial score (nSPS) is 11.9. The van der Waals surface area contributed by atoms with Gasteiger partial charge in [0.2, 0.25) is 0 Å². The second kappa shape index (κ2) is 5.36. The first-order valence-corrected chi connectivity index (χ1v) is 4.82. The van der Waals surface area contributed by atoms with E-state index in [4.69, 9.17) is 10.5 Å². The summed E-state index contributed by atoms with van der Waals surface area (Å²) in [4.78, 5) is 10.6. The van der Waals surface area contributed by atoms with Crippen LogP contribution in [0.4, 0.5) is 5.69 Å². The average molecular weight is 208 g/mol. The van der Waals surface area contributed by atoms with E-state index in [-0.39, 0.29) is 12.1 Å². The molecular weight excluding hydrogens is 192 g/mol.